The lowest BCUT2D eigenvalue weighted by Crippen LogP contribution is -2.17. The lowest BCUT2D eigenvalue weighted by molar-refractivity contribution is 0.652. The van der Waals surface area contributed by atoms with E-state index < -0.39 is 0 Å². The molecule has 0 unspecified atom stereocenters. The Balaban J connectivity index is 1.01. The largest absolute Gasteiger partial charge is 0.0622 e. The Morgan fingerprint density at radius 2 is 0.603 bits per heavy atom. The summed E-state index contributed by atoms with van der Waals surface area (Å²) < 4.78 is 0. The van der Waals surface area contributed by atoms with Gasteiger partial charge in [-0.3, -0.25) is 0 Å². The van der Waals surface area contributed by atoms with E-state index in [0.717, 1.165) is 0 Å². The molecule has 0 bridgehead atoms. The average Bonchev–Trinajstić information content (AvgIpc) is 3.62. The molecule has 0 nitrogen and oxygen atoms in total. The van der Waals surface area contributed by atoms with Crippen molar-refractivity contribution in [2.24, 2.45) is 0 Å². The van der Waals surface area contributed by atoms with Gasteiger partial charge in [0.1, 0.15) is 0 Å². The van der Waals surface area contributed by atoms with E-state index in [1.165, 1.54) is 121 Å². The fourth-order valence-electron chi connectivity index (χ4n) is 11.0. The molecule has 274 valence electrons. The van der Waals surface area contributed by atoms with Crippen molar-refractivity contribution in [1.29, 1.82) is 0 Å². The van der Waals surface area contributed by atoms with Gasteiger partial charge in [-0.2, -0.15) is 0 Å². The number of fused-ring (bicyclic) bond motifs is 10. The Morgan fingerprint density at radius 1 is 0.259 bits per heavy atom. The van der Waals surface area contributed by atoms with Crippen molar-refractivity contribution in [1.82, 2.24) is 0 Å². The van der Waals surface area contributed by atoms with Crippen LogP contribution in [0.3, 0.4) is 0 Å². The van der Waals surface area contributed by atoms with Gasteiger partial charge in [0.15, 0.2) is 0 Å². The number of rotatable bonds is 3. The van der Waals surface area contributed by atoms with Crippen LogP contribution in [0, 0.1) is 0 Å². The third kappa shape index (κ3) is 4.52. The first-order chi connectivity index (χ1) is 28.3. The minimum Gasteiger partial charge on any atom is -0.0622 e. The van der Waals surface area contributed by atoms with Gasteiger partial charge in [-0.25, -0.2) is 0 Å². The van der Waals surface area contributed by atoms with Crippen LogP contribution in [0.25, 0.3) is 98.7 Å². The summed E-state index contributed by atoms with van der Waals surface area (Å²) in [5.74, 6) is 0. The topological polar surface area (TPSA) is 0 Å². The van der Waals surface area contributed by atoms with Gasteiger partial charge in [0.2, 0.25) is 0 Å². The summed E-state index contributed by atoms with van der Waals surface area (Å²) in [6, 6.07) is 68.6. The van der Waals surface area contributed by atoms with Crippen LogP contribution in [-0.4, -0.2) is 0 Å². The zero-order chi connectivity index (χ0) is 38.9. The smallest absolute Gasteiger partial charge is 0.0159 e. The zero-order valence-corrected chi connectivity index (χ0v) is 33.3. The Hall–Kier alpha value is -6.76. The third-order valence-corrected chi connectivity index (χ3v) is 13.8. The van der Waals surface area contributed by atoms with E-state index in [0.29, 0.717) is 0 Å². The van der Waals surface area contributed by atoms with Crippen molar-refractivity contribution < 1.29 is 0 Å². The molecule has 10 aromatic carbocycles. The SMILES string of the molecule is CC1(C)c2cc(-c3c4ccccc4cc4ccccc34)ccc2-c2cc3c(cc21)-c1ccc(-c2c4ccccc4c(-c4ccccc4)c4ccccc24)cc1C3(C)C. The van der Waals surface area contributed by atoms with E-state index in [1.807, 2.05) is 0 Å². The molecule has 0 amide bonds. The molecule has 0 radical (unpaired) electrons. The first-order valence-electron chi connectivity index (χ1n) is 20.7. The van der Waals surface area contributed by atoms with Gasteiger partial charge in [0.05, 0.1) is 0 Å². The van der Waals surface area contributed by atoms with Crippen molar-refractivity contribution >= 4 is 43.1 Å². The summed E-state index contributed by atoms with van der Waals surface area (Å²) in [4.78, 5) is 0. The van der Waals surface area contributed by atoms with Crippen LogP contribution in [0.5, 0.6) is 0 Å². The molecule has 2 aliphatic carbocycles. The molecular weight excluding hydrogens is 697 g/mol. The summed E-state index contributed by atoms with van der Waals surface area (Å²) in [5.41, 5.74) is 18.6. The van der Waals surface area contributed by atoms with Gasteiger partial charge >= 0.3 is 0 Å². The molecule has 0 saturated heterocycles. The Bertz CT molecular complexity index is 3260. The van der Waals surface area contributed by atoms with Crippen LogP contribution >= 0.6 is 0 Å². The van der Waals surface area contributed by atoms with Gasteiger partial charge in [0.25, 0.3) is 0 Å². The molecule has 12 rings (SSSR count). The second-order valence-electron chi connectivity index (χ2n) is 17.6. The highest BCUT2D eigenvalue weighted by molar-refractivity contribution is 6.21. The molecule has 0 heteroatoms. The zero-order valence-electron chi connectivity index (χ0n) is 33.3. The Kier molecular flexibility index (Phi) is 6.84. The fraction of sp³-hybridized carbons (Fsp3) is 0.103. The number of hydrogen-bond donors (Lipinski definition) is 0. The summed E-state index contributed by atoms with van der Waals surface area (Å²) in [6.07, 6.45) is 0. The van der Waals surface area contributed by atoms with Crippen LogP contribution in [-0.2, 0) is 10.8 Å². The van der Waals surface area contributed by atoms with Crippen molar-refractivity contribution in [3.63, 3.8) is 0 Å². The first kappa shape index (κ1) is 33.4. The monoisotopic (exact) mass is 738 g/mol. The molecule has 58 heavy (non-hydrogen) atoms. The van der Waals surface area contributed by atoms with Gasteiger partial charge in [-0.1, -0.05) is 179 Å². The van der Waals surface area contributed by atoms with Crippen molar-refractivity contribution in [2.45, 2.75) is 38.5 Å². The van der Waals surface area contributed by atoms with Crippen LogP contribution in [0.2, 0.25) is 0 Å². The highest BCUT2D eigenvalue weighted by Gasteiger charge is 2.42. The maximum atomic E-state index is 2.55. The predicted molar refractivity (Wildman–Crippen MR) is 248 cm³/mol. The molecule has 0 N–H and O–H groups in total. The minimum absolute atomic E-state index is 0.152. The van der Waals surface area contributed by atoms with E-state index in [2.05, 4.69) is 210 Å². The summed E-state index contributed by atoms with van der Waals surface area (Å²) in [7, 11) is 0. The number of hydrogen-bond acceptors (Lipinski definition) is 0. The second kappa shape index (κ2) is 11.9. The van der Waals surface area contributed by atoms with E-state index in [4.69, 9.17) is 0 Å². The lowest BCUT2D eigenvalue weighted by Gasteiger charge is -2.25. The van der Waals surface area contributed by atoms with Crippen molar-refractivity contribution in [3.05, 3.63) is 204 Å². The molecule has 0 saturated carbocycles. The molecule has 0 heterocycles. The number of benzene rings is 10. The highest BCUT2D eigenvalue weighted by atomic mass is 14.4. The van der Waals surface area contributed by atoms with Gasteiger partial charge < -0.3 is 0 Å². The quantitative estimate of drug-likeness (QED) is 0.158. The molecule has 2 aliphatic rings. The van der Waals surface area contributed by atoms with Crippen LogP contribution in [0.1, 0.15) is 49.9 Å². The maximum Gasteiger partial charge on any atom is 0.0159 e. The maximum absolute atomic E-state index is 2.55. The minimum atomic E-state index is -0.167. The van der Waals surface area contributed by atoms with Gasteiger partial charge in [-0.15, -0.1) is 0 Å². The van der Waals surface area contributed by atoms with Crippen molar-refractivity contribution in [2.75, 3.05) is 0 Å². The molecule has 0 fully saturated rings. The molecule has 10 aromatic rings. The summed E-state index contributed by atoms with van der Waals surface area (Å²) >= 11 is 0. The van der Waals surface area contributed by atoms with Crippen LogP contribution < -0.4 is 0 Å². The average molecular weight is 739 g/mol. The van der Waals surface area contributed by atoms with Gasteiger partial charge in [0, 0.05) is 10.8 Å². The first-order valence-corrected chi connectivity index (χ1v) is 20.7. The molecule has 0 aromatic heterocycles. The second-order valence-corrected chi connectivity index (χ2v) is 17.6. The van der Waals surface area contributed by atoms with Crippen LogP contribution in [0.4, 0.5) is 0 Å². The molecule has 0 atom stereocenters. The van der Waals surface area contributed by atoms with Gasteiger partial charge in [-0.05, 0) is 151 Å². The third-order valence-electron chi connectivity index (χ3n) is 13.8. The predicted octanol–water partition coefficient (Wildman–Crippen LogP) is 15.9. The van der Waals surface area contributed by atoms with Crippen molar-refractivity contribution in [3.8, 4) is 55.6 Å². The normalized spacial score (nSPS) is 14.5. The van der Waals surface area contributed by atoms with Crippen LogP contribution in [0.15, 0.2) is 182 Å². The molecule has 0 spiro atoms. The Labute approximate surface area is 340 Å². The van der Waals surface area contributed by atoms with E-state index in [9.17, 15) is 0 Å². The Morgan fingerprint density at radius 3 is 1.05 bits per heavy atom. The fourth-order valence-corrected chi connectivity index (χ4v) is 11.0. The van der Waals surface area contributed by atoms with E-state index in [1.54, 1.807) is 0 Å². The standard InChI is InChI=1S/C58H42/c1-57(2)50-31-38(55-40-20-10-8-18-36(40)30-37-19-9-11-21-41(37)55)26-28-42(50)48-33-53-49(34-52(48)57)43-29-27-39(32-51(43)58(53,3)4)56-46-24-14-12-22-44(46)54(35-16-6-5-7-17-35)45-23-13-15-25-47(45)56/h5-34H,1-4H3. The van der Waals surface area contributed by atoms with E-state index in [-0.39, 0.29) is 10.8 Å². The summed E-state index contributed by atoms with van der Waals surface area (Å²) in [5, 5.41) is 10.3. The lowest BCUT2D eigenvalue weighted by atomic mass is 9.78. The molecular formula is C58H42. The molecule has 0 aliphatic heterocycles. The van der Waals surface area contributed by atoms with E-state index >= 15 is 0 Å². The summed E-state index contributed by atoms with van der Waals surface area (Å²) in [6.45, 7) is 9.71. The highest BCUT2D eigenvalue weighted by Crippen LogP contribution is 2.57.